The number of nitrogens with zero attached hydrogens (tertiary/aromatic N) is 2. The van der Waals surface area contributed by atoms with Gasteiger partial charge in [-0.3, -0.25) is 0 Å². The monoisotopic (exact) mass is 249 g/mol. The Labute approximate surface area is 106 Å². The third kappa shape index (κ3) is 2.35. The van der Waals surface area contributed by atoms with Crippen molar-refractivity contribution in [3.8, 4) is 5.69 Å². The van der Waals surface area contributed by atoms with E-state index in [1.165, 1.54) is 0 Å². The van der Waals surface area contributed by atoms with E-state index in [-0.39, 0.29) is 0 Å². The van der Waals surface area contributed by atoms with Crippen molar-refractivity contribution in [3.05, 3.63) is 46.7 Å². The lowest BCUT2D eigenvalue weighted by atomic mass is 10.1. The maximum Gasteiger partial charge on any atom is 0.0835 e. The van der Waals surface area contributed by atoms with Crippen molar-refractivity contribution in [1.29, 1.82) is 0 Å². The highest BCUT2D eigenvalue weighted by Crippen LogP contribution is 2.25. The normalized spacial score (nSPS) is 11.1. The van der Waals surface area contributed by atoms with Gasteiger partial charge in [-0.15, -0.1) is 0 Å². The first kappa shape index (κ1) is 12.1. The molecule has 1 aromatic heterocycles. The fourth-order valence-corrected chi connectivity index (χ4v) is 1.99. The summed E-state index contributed by atoms with van der Waals surface area (Å²) in [4.78, 5) is 0. The van der Waals surface area contributed by atoms with Crippen LogP contribution in [0.25, 0.3) is 5.69 Å². The Morgan fingerprint density at radius 3 is 2.65 bits per heavy atom. The summed E-state index contributed by atoms with van der Waals surface area (Å²) in [6, 6.07) is 9.73. The van der Waals surface area contributed by atoms with Crippen LogP contribution in [0, 0.1) is 0 Å². The van der Waals surface area contributed by atoms with E-state index < -0.39 is 0 Å². The predicted octanol–water partition coefficient (Wildman–Crippen LogP) is 3.11. The van der Waals surface area contributed by atoms with E-state index in [9.17, 15) is 0 Å². The third-order valence-electron chi connectivity index (χ3n) is 2.67. The molecule has 17 heavy (non-hydrogen) atoms. The Balaban J connectivity index is 2.58. The minimum Gasteiger partial charge on any atom is -0.325 e. The van der Waals surface area contributed by atoms with E-state index in [1.807, 2.05) is 35.0 Å². The average molecular weight is 250 g/mol. The van der Waals surface area contributed by atoms with E-state index in [0.29, 0.717) is 17.5 Å². The second-order valence-corrected chi connectivity index (χ2v) is 4.69. The van der Waals surface area contributed by atoms with Gasteiger partial charge in [0.25, 0.3) is 0 Å². The van der Waals surface area contributed by atoms with Gasteiger partial charge in [0.05, 0.1) is 16.4 Å². The van der Waals surface area contributed by atoms with Crippen molar-refractivity contribution < 1.29 is 0 Å². The van der Waals surface area contributed by atoms with Crippen molar-refractivity contribution in [3.63, 3.8) is 0 Å². The molecule has 0 radical (unpaired) electrons. The van der Waals surface area contributed by atoms with Crippen LogP contribution >= 0.6 is 11.6 Å². The molecule has 4 heteroatoms. The third-order valence-corrected chi connectivity index (χ3v) is 2.99. The largest absolute Gasteiger partial charge is 0.325 e. The summed E-state index contributed by atoms with van der Waals surface area (Å²) >= 11 is 6.20. The Morgan fingerprint density at radius 1 is 1.35 bits per heavy atom. The van der Waals surface area contributed by atoms with Gasteiger partial charge in [0.1, 0.15) is 0 Å². The van der Waals surface area contributed by atoms with Crippen LogP contribution in [-0.4, -0.2) is 9.78 Å². The smallest absolute Gasteiger partial charge is 0.0835 e. The van der Waals surface area contributed by atoms with Crippen molar-refractivity contribution in [2.24, 2.45) is 5.73 Å². The molecule has 0 spiro atoms. The predicted molar refractivity (Wildman–Crippen MR) is 70.6 cm³/mol. The van der Waals surface area contributed by atoms with Gasteiger partial charge >= 0.3 is 0 Å². The Kier molecular flexibility index (Phi) is 3.50. The number of nitrogens with two attached hydrogens (primary N) is 1. The molecule has 3 nitrogen and oxygen atoms in total. The molecule has 2 rings (SSSR count). The maximum absolute atomic E-state index is 6.20. The van der Waals surface area contributed by atoms with Crippen molar-refractivity contribution in [2.75, 3.05) is 0 Å². The molecule has 0 saturated heterocycles. The molecule has 0 saturated carbocycles. The van der Waals surface area contributed by atoms with Gasteiger partial charge in [0.15, 0.2) is 0 Å². The summed E-state index contributed by atoms with van der Waals surface area (Å²) in [5.74, 6) is 0.374. The molecular formula is C13H16ClN3. The molecule has 1 heterocycles. The van der Waals surface area contributed by atoms with E-state index in [1.54, 1.807) is 0 Å². The fourth-order valence-electron chi connectivity index (χ4n) is 1.77. The summed E-state index contributed by atoms with van der Waals surface area (Å²) in [5.41, 5.74) is 8.55. The summed E-state index contributed by atoms with van der Waals surface area (Å²) < 4.78 is 1.88. The van der Waals surface area contributed by atoms with Crippen molar-refractivity contribution in [1.82, 2.24) is 9.78 Å². The number of aromatic nitrogens is 2. The summed E-state index contributed by atoms with van der Waals surface area (Å²) in [6.45, 7) is 4.70. The molecule has 0 aliphatic rings. The molecule has 0 fully saturated rings. The molecule has 0 unspecified atom stereocenters. The summed E-state index contributed by atoms with van der Waals surface area (Å²) in [5, 5.41) is 5.18. The first-order valence-corrected chi connectivity index (χ1v) is 6.05. The minimum absolute atomic E-state index is 0.374. The quantitative estimate of drug-likeness (QED) is 0.908. The first-order chi connectivity index (χ1) is 8.13. The average Bonchev–Trinajstić information content (AvgIpc) is 2.73. The van der Waals surface area contributed by atoms with Crippen LogP contribution in [0.15, 0.2) is 30.3 Å². The Bertz CT molecular complexity index is 517. The van der Waals surface area contributed by atoms with Crippen LogP contribution in [0.2, 0.25) is 5.02 Å². The number of hydrogen-bond acceptors (Lipinski definition) is 2. The van der Waals surface area contributed by atoms with Gasteiger partial charge in [-0.2, -0.15) is 5.10 Å². The van der Waals surface area contributed by atoms with Gasteiger partial charge < -0.3 is 5.73 Å². The molecule has 0 aliphatic heterocycles. The van der Waals surface area contributed by atoms with Gasteiger partial charge in [-0.05, 0) is 24.1 Å². The van der Waals surface area contributed by atoms with Crippen molar-refractivity contribution >= 4 is 11.6 Å². The highest BCUT2D eigenvalue weighted by Gasteiger charge is 2.13. The highest BCUT2D eigenvalue weighted by molar-refractivity contribution is 6.32. The van der Waals surface area contributed by atoms with E-state index in [0.717, 1.165) is 17.1 Å². The molecule has 90 valence electrons. The van der Waals surface area contributed by atoms with Crippen LogP contribution < -0.4 is 5.73 Å². The lowest BCUT2D eigenvalue weighted by Gasteiger charge is -2.11. The van der Waals surface area contributed by atoms with Crippen LogP contribution in [0.5, 0.6) is 0 Å². The van der Waals surface area contributed by atoms with E-state index in [4.69, 9.17) is 17.3 Å². The number of hydrogen-bond donors (Lipinski definition) is 1. The number of benzene rings is 1. The van der Waals surface area contributed by atoms with Crippen LogP contribution in [0.4, 0.5) is 0 Å². The topological polar surface area (TPSA) is 43.8 Å². The zero-order valence-corrected chi connectivity index (χ0v) is 10.8. The Hall–Kier alpha value is -1.32. The van der Waals surface area contributed by atoms with Crippen LogP contribution in [0.1, 0.15) is 31.2 Å². The lowest BCUT2D eigenvalue weighted by Crippen LogP contribution is -2.05. The molecule has 0 amide bonds. The summed E-state index contributed by atoms with van der Waals surface area (Å²) in [7, 11) is 0. The van der Waals surface area contributed by atoms with E-state index >= 15 is 0 Å². The molecule has 0 bridgehead atoms. The van der Waals surface area contributed by atoms with Gasteiger partial charge in [0, 0.05) is 12.2 Å². The molecule has 2 N–H and O–H groups in total. The molecule has 0 atom stereocenters. The lowest BCUT2D eigenvalue weighted by molar-refractivity contribution is 0.727. The molecule has 0 aliphatic carbocycles. The fraction of sp³-hybridized carbons (Fsp3) is 0.308. The number of para-hydroxylation sites is 1. The zero-order chi connectivity index (χ0) is 12.4. The minimum atomic E-state index is 0.374. The SMILES string of the molecule is CC(C)c1cc(CN)nn1-c1ccccc1Cl. The van der Waals surface area contributed by atoms with Gasteiger partial charge in [-0.25, -0.2) is 4.68 Å². The van der Waals surface area contributed by atoms with Gasteiger partial charge in [-0.1, -0.05) is 37.6 Å². The molecule has 2 aromatic rings. The standard InChI is InChI=1S/C13H16ClN3/c1-9(2)13-7-10(8-15)16-17(13)12-6-4-3-5-11(12)14/h3-7,9H,8,15H2,1-2H3. The first-order valence-electron chi connectivity index (χ1n) is 5.67. The number of halogens is 1. The Morgan fingerprint density at radius 2 is 2.06 bits per heavy atom. The molecular weight excluding hydrogens is 234 g/mol. The zero-order valence-electron chi connectivity index (χ0n) is 10.0. The van der Waals surface area contributed by atoms with Crippen LogP contribution in [0.3, 0.4) is 0 Å². The highest BCUT2D eigenvalue weighted by atomic mass is 35.5. The van der Waals surface area contributed by atoms with Crippen LogP contribution in [-0.2, 0) is 6.54 Å². The second kappa shape index (κ2) is 4.90. The summed E-state index contributed by atoms with van der Waals surface area (Å²) in [6.07, 6.45) is 0. The van der Waals surface area contributed by atoms with Gasteiger partial charge in [0.2, 0.25) is 0 Å². The van der Waals surface area contributed by atoms with E-state index in [2.05, 4.69) is 18.9 Å². The maximum atomic E-state index is 6.20. The molecule has 1 aromatic carbocycles. The second-order valence-electron chi connectivity index (χ2n) is 4.28. The number of rotatable bonds is 3. The van der Waals surface area contributed by atoms with Crippen molar-refractivity contribution in [2.45, 2.75) is 26.3 Å².